The molecule has 0 radical (unpaired) electrons. The minimum Gasteiger partial charge on any atom is -0.381 e. The molecule has 16 heavy (non-hydrogen) atoms. The molecule has 0 saturated carbocycles. The normalized spacial score (nSPS) is 26.9. The number of carbonyl (C=O) groups excluding carboxylic acids is 1. The maximum Gasteiger partial charge on any atom is 0.181 e. The van der Waals surface area contributed by atoms with Crippen molar-refractivity contribution in [2.45, 2.75) is 47.1 Å². The van der Waals surface area contributed by atoms with Crippen molar-refractivity contribution in [1.82, 2.24) is 0 Å². The third-order valence-electron chi connectivity index (χ3n) is 3.13. The van der Waals surface area contributed by atoms with Gasteiger partial charge in [-0.2, -0.15) is 0 Å². The molecule has 1 atom stereocenters. The summed E-state index contributed by atoms with van der Waals surface area (Å²) >= 11 is 0. The maximum atomic E-state index is 11.8. The van der Waals surface area contributed by atoms with E-state index in [0.717, 1.165) is 0 Å². The smallest absolute Gasteiger partial charge is 0.181 e. The van der Waals surface area contributed by atoms with E-state index in [2.05, 4.69) is 0 Å². The van der Waals surface area contributed by atoms with Crippen molar-refractivity contribution in [2.75, 3.05) is 0 Å². The molecule has 0 aromatic carbocycles. The van der Waals surface area contributed by atoms with Crippen LogP contribution in [0.2, 0.25) is 0 Å². The zero-order valence-corrected chi connectivity index (χ0v) is 11.1. The van der Waals surface area contributed by atoms with Crippen molar-refractivity contribution in [1.29, 1.82) is 0 Å². The van der Waals surface area contributed by atoms with E-state index in [9.17, 15) is 9.90 Å². The van der Waals surface area contributed by atoms with Crippen molar-refractivity contribution in [3.63, 3.8) is 0 Å². The highest BCUT2D eigenvalue weighted by Gasteiger charge is 2.40. The van der Waals surface area contributed by atoms with Gasteiger partial charge in [0.25, 0.3) is 0 Å². The monoisotopic (exact) mass is 222 g/mol. The molecule has 0 spiro atoms. The first-order valence-corrected chi connectivity index (χ1v) is 5.67. The molecule has 0 heterocycles. The molecule has 0 saturated heterocycles. The lowest BCUT2D eigenvalue weighted by Crippen LogP contribution is -2.42. The van der Waals surface area contributed by atoms with Crippen molar-refractivity contribution >= 4 is 5.78 Å². The predicted octanol–water partition coefficient (Wildman–Crippen LogP) is 2.88. The molecule has 1 N–H and O–H groups in total. The summed E-state index contributed by atoms with van der Waals surface area (Å²) in [6.45, 7) is 11.8. The van der Waals surface area contributed by atoms with Crippen molar-refractivity contribution in [3.05, 3.63) is 23.8 Å². The SMILES string of the molecule is CC(C)(C)C1=CC(O)(C(C)(C)C)C=CC1=O. The summed E-state index contributed by atoms with van der Waals surface area (Å²) in [4.78, 5) is 11.8. The van der Waals surface area contributed by atoms with Gasteiger partial charge in [0.2, 0.25) is 0 Å². The van der Waals surface area contributed by atoms with E-state index in [1.807, 2.05) is 41.5 Å². The van der Waals surface area contributed by atoms with Gasteiger partial charge in [-0.05, 0) is 29.1 Å². The lowest BCUT2D eigenvalue weighted by molar-refractivity contribution is -0.112. The molecular weight excluding hydrogens is 200 g/mol. The third-order valence-corrected chi connectivity index (χ3v) is 3.13. The average Bonchev–Trinajstić information content (AvgIpc) is 2.05. The third kappa shape index (κ3) is 2.27. The second-order valence-electron chi connectivity index (χ2n) is 6.58. The van der Waals surface area contributed by atoms with Gasteiger partial charge in [0.1, 0.15) is 5.60 Å². The van der Waals surface area contributed by atoms with Crippen LogP contribution in [0, 0.1) is 10.8 Å². The van der Waals surface area contributed by atoms with E-state index < -0.39 is 5.60 Å². The topological polar surface area (TPSA) is 37.3 Å². The van der Waals surface area contributed by atoms with Crippen molar-refractivity contribution < 1.29 is 9.90 Å². The van der Waals surface area contributed by atoms with Crippen LogP contribution < -0.4 is 0 Å². The second-order valence-corrected chi connectivity index (χ2v) is 6.58. The average molecular weight is 222 g/mol. The predicted molar refractivity (Wildman–Crippen MR) is 66.1 cm³/mol. The number of allylic oxidation sites excluding steroid dienone is 2. The minimum absolute atomic E-state index is 0.00132. The molecule has 0 amide bonds. The second kappa shape index (κ2) is 3.56. The highest BCUT2D eigenvalue weighted by molar-refractivity contribution is 6.06. The van der Waals surface area contributed by atoms with Crippen LogP contribution in [0.5, 0.6) is 0 Å². The Morgan fingerprint density at radius 2 is 1.62 bits per heavy atom. The summed E-state index contributed by atoms with van der Waals surface area (Å²) in [5.41, 5.74) is -0.905. The van der Waals surface area contributed by atoms with Gasteiger partial charge in [0.05, 0.1) is 0 Å². The Labute approximate surface area is 98.1 Å². The van der Waals surface area contributed by atoms with Crippen LogP contribution in [0.15, 0.2) is 23.8 Å². The fourth-order valence-corrected chi connectivity index (χ4v) is 1.68. The Morgan fingerprint density at radius 3 is 2.00 bits per heavy atom. The number of hydrogen-bond acceptors (Lipinski definition) is 2. The van der Waals surface area contributed by atoms with Gasteiger partial charge in [-0.25, -0.2) is 0 Å². The largest absolute Gasteiger partial charge is 0.381 e. The molecule has 2 nitrogen and oxygen atoms in total. The van der Waals surface area contributed by atoms with Crippen LogP contribution in [0.25, 0.3) is 0 Å². The number of rotatable bonds is 0. The Kier molecular flexibility index (Phi) is 2.93. The molecular formula is C14H22O2. The fraction of sp³-hybridized carbons (Fsp3) is 0.643. The molecule has 1 aliphatic rings. The van der Waals surface area contributed by atoms with Gasteiger partial charge >= 0.3 is 0 Å². The molecule has 0 bridgehead atoms. The van der Waals surface area contributed by atoms with Crippen LogP contribution in [-0.2, 0) is 4.79 Å². The summed E-state index contributed by atoms with van der Waals surface area (Å²) in [5.74, 6) is 0.00132. The first kappa shape index (κ1) is 13.2. The number of hydrogen-bond donors (Lipinski definition) is 1. The molecule has 0 aliphatic heterocycles. The van der Waals surface area contributed by atoms with Crippen LogP contribution >= 0.6 is 0 Å². The van der Waals surface area contributed by atoms with Gasteiger partial charge in [-0.15, -0.1) is 0 Å². The van der Waals surface area contributed by atoms with Gasteiger partial charge in [-0.1, -0.05) is 41.5 Å². The first-order valence-electron chi connectivity index (χ1n) is 5.67. The summed E-state index contributed by atoms with van der Waals surface area (Å²) in [6.07, 6.45) is 4.81. The highest BCUT2D eigenvalue weighted by atomic mass is 16.3. The fourth-order valence-electron chi connectivity index (χ4n) is 1.68. The molecule has 2 heteroatoms. The Hall–Kier alpha value is -0.890. The van der Waals surface area contributed by atoms with E-state index in [1.165, 1.54) is 6.08 Å². The molecule has 1 unspecified atom stereocenters. The maximum absolute atomic E-state index is 11.8. The Morgan fingerprint density at radius 1 is 1.12 bits per heavy atom. The zero-order valence-electron chi connectivity index (χ0n) is 11.1. The first-order chi connectivity index (χ1) is 6.97. The Bertz CT molecular complexity index is 361. The zero-order chi connectivity index (χ0) is 12.8. The Balaban J connectivity index is 3.26. The van der Waals surface area contributed by atoms with E-state index in [0.29, 0.717) is 5.57 Å². The minimum atomic E-state index is -1.04. The number of carbonyl (C=O) groups is 1. The highest BCUT2D eigenvalue weighted by Crippen LogP contribution is 2.39. The molecule has 90 valence electrons. The van der Waals surface area contributed by atoms with Crippen LogP contribution in [0.1, 0.15) is 41.5 Å². The van der Waals surface area contributed by atoms with Crippen LogP contribution in [-0.4, -0.2) is 16.5 Å². The molecule has 0 aromatic rings. The molecule has 0 aromatic heterocycles. The standard InChI is InChI=1S/C14H22O2/c1-12(2,3)10-9-14(16,13(4,5)6)8-7-11(10)15/h7-9,16H,1-6H3. The van der Waals surface area contributed by atoms with Gasteiger partial charge < -0.3 is 5.11 Å². The van der Waals surface area contributed by atoms with E-state index in [-0.39, 0.29) is 16.6 Å². The lowest BCUT2D eigenvalue weighted by atomic mass is 9.69. The summed E-state index contributed by atoms with van der Waals surface area (Å²) in [5, 5.41) is 10.5. The molecule has 0 fully saturated rings. The summed E-state index contributed by atoms with van der Waals surface area (Å²) in [6, 6.07) is 0. The lowest BCUT2D eigenvalue weighted by Gasteiger charge is -2.39. The quantitative estimate of drug-likeness (QED) is 0.684. The van der Waals surface area contributed by atoms with E-state index in [4.69, 9.17) is 0 Å². The van der Waals surface area contributed by atoms with Crippen LogP contribution in [0.4, 0.5) is 0 Å². The van der Waals surface area contributed by atoms with E-state index in [1.54, 1.807) is 12.2 Å². The summed E-state index contributed by atoms with van der Waals surface area (Å²) < 4.78 is 0. The van der Waals surface area contributed by atoms with Gasteiger partial charge in [-0.3, -0.25) is 4.79 Å². The molecule has 1 aliphatic carbocycles. The molecule has 1 rings (SSSR count). The summed E-state index contributed by atoms with van der Waals surface area (Å²) in [7, 11) is 0. The van der Waals surface area contributed by atoms with Crippen molar-refractivity contribution in [3.8, 4) is 0 Å². The van der Waals surface area contributed by atoms with Gasteiger partial charge in [0.15, 0.2) is 5.78 Å². The van der Waals surface area contributed by atoms with Gasteiger partial charge in [0, 0.05) is 5.57 Å². The number of aliphatic hydroxyl groups is 1. The van der Waals surface area contributed by atoms with Crippen molar-refractivity contribution in [2.24, 2.45) is 10.8 Å². The van der Waals surface area contributed by atoms with E-state index >= 15 is 0 Å². The number of ketones is 1. The van der Waals surface area contributed by atoms with Crippen LogP contribution in [0.3, 0.4) is 0 Å².